The van der Waals surface area contributed by atoms with Crippen LogP contribution in [-0.4, -0.2) is 105 Å². The molecule has 3 saturated heterocycles. The van der Waals surface area contributed by atoms with E-state index in [-0.39, 0.29) is 5.75 Å². The first-order valence-corrected chi connectivity index (χ1v) is 12.3. The van der Waals surface area contributed by atoms with Crippen molar-refractivity contribution >= 4 is 21.7 Å². The number of aromatic nitrogens is 2. The quantitative estimate of drug-likeness (QED) is 0.643. The van der Waals surface area contributed by atoms with Crippen LogP contribution < -0.4 is 9.80 Å². The fraction of sp³-hybridized carbons (Fsp3) is 0.789. The minimum Gasteiger partial charge on any atom is -0.377 e. The van der Waals surface area contributed by atoms with Crippen LogP contribution in [0.4, 0.5) is 11.6 Å². The van der Waals surface area contributed by atoms with Gasteiger partial charge in [0.05, 0.1) is 11.9 Å². The molecule has 0 aromatic carbocycles. The standard InChI is InChI=1S/C19H32N6O3S/c1-2-29(26,27)25-13-11-24(12-14-25)19-6-5-18(20-21-19)23-9-7-22(8-10-23)16-17-4-3-15-28-17/h5-6,17H,2-4,7-16H2,1H3. The van der Waals surface area contributed by atoms with Gasteiger partial charge < -0.3 is 14.5 Å². The number of piperazine rings is 2. The van der Waals surface area contributed by atoms with Crippen LogP contribution in [-0.2, 0) is 14.8 Å². The molecule has 1 aromatic heterocycles. The molecular weight excluding hydrogens is 392 g/mol. The van der Waals surface area contributed by atoms with Crippen molar-refractivity contribution in [2.24, 2.45) is 0 Å². The van der Waals surface area contributed by atoms with Crippen molar-refractivity contribution in [3.8, 4) is 0 Å². The Balaban J connectivity index is 1.27. The van der Waals surface area contributed by atoms with Crippen molar-refractivity contribution in [3.63, 3.8) is 0 Å². The Morgan fingerprint density at radius 1 is 0.966 bits per heavy atom. The molecule has 0 N–H and O–H groups in total. The highest BCUT2D eigenvalue weighted by Crippen LogP contribution is 2.20. The summed E-state index contributed by atoms with van der Waals surface area (Å²) < 4.78 is 31.3. The molecule has 0 radical (unpaired) electrons. The Labute approximate surface area is 173 Å². The maximum absolute atomic E-state index is 12.0. The lowest BCUT2D eigenvalue weighted by Crippen LogP contribution is -2.49. The third-order valence-corrected chi connectivity index (χ3v) is 8.02. The Morgan fingerprint density at radius 2 is 1.55 bits per heavy atom. The third-order valence-electron chi connectivity index (χ3n) is 6.14. The average Bonchev–Trinajstić information content (AvgIpc) is 3.28. The monoisotopic (exact) mass is 424 g/mol. The first kappa shape index (κ1) is 20.8. The van der Waals surface area contributed by atoms with E-state index in [0.29, 0.717) is 32.3 Å². The summed E-state index contributed by atoms with van der Waals surface area (Å²) in [5.74, 6) is 1.89. The Bertz CT molecular complexity index is 753. The third kappa shape index (κ3) is 4.99. The molecule has 3 aliphatic rings. The van der Waals surface area contributed by atoms with Crippen molar-refractivity contribution in [1.82, 2.24) is 19.4 Å². The fourth-order valence-electron chi connectivity index (χ4n) is 4.27. The zero-order valence-electron chi connectivity index (χ0n) is 17.2. The molecule has 0 aliphatic carbocycles. The number of rotatable bonds is 6. The summed E-state index contributed by atoms with van der Waals surface area (Å²) in [7, 11) is -3.11. The summed E-state index contributed by atoms with van der Waals surface area (Å²) in [5, 5.41) is 8.87. The minimum absolute atomic E-state index is 0.155. The molecule has 0 saturated carbocycles. The van der Waals surface area contributed by atoms with Gasteiger partial charge in [0.1, 0.15) is 0 Å². The average molecular weight is 425 g/mol. The predicted molar refractivity (Wildman–Crippen MR) is 113 cm³/mol. The lowest BCUT2D eigenvalue weighted by Gasteiger charge is -2.36. The van der Waals surface area contributed by atoms with E-state index in [9.17, 15) is 8.42 Å². The highest BCUT2D eigenvalue weighted by atomic mass is 32.2. The molecule has 162 valence electrons. The highest BCUT2D eigenvalue weighted by Gasteiger charge is 2.27. The number of hydrogen-bond acceptors (Lipinski definition) is 8. The molecule has 1 aromatic rings. The number of sulfonamides is 1. The number of nitrogens with zero attached hydrogens (tertiary/aromatic N) is 6. The van der Waals surface area contributed by atoms with E-state index in [0.717, 1.165) is 51.0 Å². The van der Waals surface area contributed by atoms with Crippen LogP contribution >= 0.6 is 0 Å². The van der Waals surface area contributed by atoms with Crippen molar-refractivity contribution in [2.45, 2.75) is 25.9 Å². The molecule has 1 unspecified atom stereocenters. The minimum atomic E-state index is -3.11. The van der Waals surface area contributed by atoms with Crippen molar-refractivity contribution in [3.05, 3.63) is 12.1 Å². The molecular formula is C19H32N6O3S. The number of anilines is 2. The maximum atomic E-state index is 12.0. The molecule has 9 nitrogen and oxygen atoms in total. The van der Waals surface area contributed by atoms with Gasteiger partial charge in [-0.05, 0) is 31.9 Å². The van der Waals surface area contributed by atoms with Crippen LogP contribution in [0.25, 0.3) is 0 Å². The normalized spacial score (nSPS) is 24.9. The van der Waals surface area contributed by atoms with Gasteiger partial charge in [0.15, 0.2) is 11.6 Å². The van der Waals surface area contributed by atoms with E-state index in [1.54, 1.807) is 11.2 Å². The van der Waals surface area contributed by atoms with E-state index >= 15 is 0 Å². The molecule has 1 atom stereocenters. The molecule has 0 spiro atoms. The van der Waals surface area contributed by atoms with Crippen LogP contribution in [0.1, 0.15) is 19.8 Å². The Morgan fingerprint density at radius 3 is 2.03 bits per heavy atom. The van der Waals surface area contributed by atoms with E-state index in [1.807, 2.05) is 12.1 Å². The molecule has 29 heavy (non-hydrogen) atoms. The molecule has 3 aliphatic heterocycles. The van der Waals surface area contributed by atoms with Gasteiger partial charge in [-0.1, -0.05) is 0 Å². The summed E-state index contributed by atoms with van der Waals surface area (Å²) in [6.07, 6.45) is 2.79. The second-order valence-corrected chi connectivity index (χ2v) is 10.2. The smallest absolute Gasteiger partial charge is 0.213 e. The topological polar surface area (TPSA) is 82.1 Å². The zero-order valence-corrected chi connectivity index (χ0v) is 18.1. The lowest BCUT2D eigenvalue weighted by atomic mass is 10.2. The van der Waals surface area contributed by atoms with Gasteiger partial charge in [0, 0.05) is 65.5 Å². The molecule has 10 heteroatoms. The van der Waals surface area contributed by atoms with Crippen LogP contribution in [0.3, 0.4) is 0 Å². The maximum Gasteiger partial charge on any atom is 0.213 e. The Hall–Kier alpha value is -1.49. The van der Waals surface area contributed by atoms with Gasteiger partial charge in [0.25, 0.3) is 0 Å². The molecule has 4 heterocycles. The largest absolute Gasteiger partial charge is 0.377 e. The molecule has 0 bridgehead atoms. The van der Waals surface area contributed by atoms with Crippen LogP contribution in [0.5, 0.6) is 0 Å². The van der Waals surface area contributed by atoms with Crippen LogP contribution in [0.2, 0.25) is 0 Å². The van der Waals surface area contributed by atoms with Gasteiger partial charge in [0.2, 0.25) is 10.0 Å². The fourth-order valence-corrected chi connectivity index (χ4v) is 5.35. The van der Waals surface area contributed by atoms with Gasteiger partial charge in [-0.2, -0.15) is 4.31 Å². The van der Waals surface area contributed by atoms with Crippen LogP contribution in [0, 0.1) is 0 Å². The van der Waals surface area contributed by atoms with E-state index < -0.39 is 10.0 Å². The van der Waals surface area contributed by atoms with Gasteiger partial charge in [-0.25, -0.2) is 8.42 Å². The number of ether oxygens (including phenoxy) is 1. The Kier molecular flexibility index (Phi) is 6.53. The van der Waals surface area contributed by atoms with E-state index in [4.69, 9.17) is 4.74 Å². The SMILES string of the molecule is CCS(=O)(=O)N1CCN(c2ccc(N3CCN(CC4CCCO4)CC3)nn2)CC1. The number of hydrogen-bond donors (Lipinski definition) is 0. The zero-order chi connectivity index (χ0) is 20.3. The van der Waals surface area contributed by atoms with Crippen molar-refractivity contribution in [1.29, 1.82) is 0 Å². The van der Waals surface area contributed by atoms with Gasteiger partial charge >= 0.3 is 0 Å². The van der Waals surface area contributed by atoms with Gasteiger partial charge in [-0.3, -0.25) is 4.90 Å². The van der Waals surface area contributed by atoms with E-state index in [2.05, 4.69) is 24.9 Å². The van der Waals surface area contributed by atoms with Crippen molar-refractivity contribution < 1.29 is 13.2 Å². The highest BCUT2D eigenvalue weighted by molar-refractivity contribution is 7.89. The van der Waals surface area contributed by atoms with Crippen LogP contribution in [0.15, 0.2) is 12.1 Å². The first-order valence-electron chi connectivity index (χ1n) is 10.7. The summed E-state index contributed by atoms with van der Waals surface area (Å²) in [6, 6.07) is 4.04. The summed E-state index contributed by atoms with van der Waals surface area (Å²) in [4.78, 5) is 6.88. The lowest BCUT2D eigenvalue weighted by molar-refractivity contribution is 0.0712. The molecule has 4 rings (SSSR count). The molecule has 0 amide bonds. The van der Waals surface area contributed by atoms with Gasteiger partial charge in [-0.15, -0.1) is 10.2 Å². The second-order valence-electron chi connectivity index (χ2n) is 7.96. The predicted octanol–water partition coefficient (Wildman–Crippen LogP) is 0.249. The molecule has 3 fully saturated rings. The summed E-state index contributed by atoms with van der Waals surface area (Å²) in [6.45, 7) is 9.91. The summed E-state index contributed by atoms with van der Waals surface area (Å²) in [5.41, 5.74) is 0. The second kappa shape index (κ2) is 9.11. The first-order chi connectivity index (χ1) is 14.0. The van der Waals surface area contributed by atoms with Crippen molar-refractivity contribution in [2.75, 3.05) is 81.1 Å². The van der Waals surface area contributed by atoms with E-state index in [1.165, 1.54) is 12.8 Å². The summed E-state index contributed by atoms with van der Waals surface area (Å²) >= 11 is 0.